The summed E-state index contributed by atoms with van der Waals surface area (Å²) in [6.45, 7) is 0. The van der Waals surface area contributed by atoms with Crippen LogP contribution < -0.4 is 42.1 Å². The standard InChI is InChI=1S/C18H15O9PS3.Na.H/c19-29(20,25-16-10-4-1-5-11-16)28(30(21,22)26-17-12-6-2-7-13-17)31(23,24)27-18-14-8-3-9-15-18;;/h1-15H;;/q;+1;-1. The second-order valence-electron chi connectivity index (χ2n) is 5.70. The first-order valence-electron chi connectivity index (χ1n) is 8.39. The smallest absolute Gasteiger partial charge is 1.00 e. The third kappa shape index (κ3) is 6.92. The summed E-state index contributed by atoms with van der Waals surface area (Å²) in [5, 5.41) is 0. The minimum Gasteiger partial charge on any atom is -1.00 e. The van der Waals surface area contributed by atoms with Crippen molar-refractivity contribution >= 4 is 34.7 Å². The van der Waals surface area contributed by atoms with Crippen LogP contribution in [0.25, 0.3) is 0 Å². The predicted molar refractivity (Wildman–Crippen MR) is 116 cm³/mol. The summed E-state index contributed by atoms with van der Waals surface area (Å²) >= 11 is 0. The minimum absolute atomic E-state index is 0. The van der Waals surface area contributed by atoms with Crippen LogP contribution in [0.15, 0.2) is 91.0 Å². The minimum atomic E-state index is -5.29. The van der Waals surface area contributed by atoms with Gasteiger partial charge in [-0.25, -0.2) is 0 Å². The zero-order chi connectivity index (χ0) is 22.5. The fourth-order valence-corrected chi connectivity index (χ4v) is 15.2. The van der Waals surface area contributed by atoms with Crippen molar-refractivity contribution in [2.75, 3.05) is 0 Å². The number of hydrogen-bond acceptors (Lipinski definition) is 9. The molecule has 0 bridgehead atoms. The van der Waals surface area contributed by atoms with Crippen molar-refractivity contribution in [3.63, 3.8) is 0 Å². The average Bonchev–Trinajstić information content (AvgIpc) is 2.68. The molecule has 0 aromatic heterocycles. The van der Waals surface area contributed by atoms with E-state index < -0.39 is 34.7 Å². The van der Waals surface area contributed by atoms with Crippen molar-refractivity contribution in [2.24, 2.45) is 0 Å². The maximum atomic E-state index is 12.9. The molecule has 9 nitrogen and oxygen atoms in total. The SMILES string of the molecule is O=S(=O)(Oc1ccccc1)P(S(=O)(=O)Oc1ccccc1)S(=O)(=O)Oc1ccccc1.[H-].[Na+]. The van der Waals surface area contributed by atoms with Gasteiger partial charge in [-0.15, -0.1) is 0 Å². The number of para-hydroxylation sites is 3. The van der Waals surface area contributed by atoms with Gasteiger partial charge in [0.05, 0.1) is 0 Å². The Morgan fingerprint density at radius 1 is 0.469 bits per heavy atom. The Hall–Kier alpha value is -1.66. The molecule has 0 fully saturated rings. The van der Waals surface area contributed by atoms with Crippen LogP contribution in [0.5, 0.6) is 17.2 Å². The summed E-state index contributed by atoms with van der Waals surface area (Å²) < 4.78 is 91.6. The molecule has 32 heavy (non-hydrogen) atoms. The molecule has 166 valence electrons. The first-order chi connectivity index (χ1) is 14.6. The van der Waals surface area contributed by atoms with Gasteiger partial charge in [-0.1, -0.05) is 54.6 Å². The quantitative estimate of drug-likeness (QED) is 0.290. The molecule has 3 aromatic carbocycles. The third-order valence-electron chi connectivity index (χ3n) is 3.38. The maximum Gasteiger partial charge on any atom is 1.00 e. The number of hydrogen-bond donors (Lipinski definition) is 0. The molecule has 14 heteroatoms. The largest absolute Gasteiger partial charge is 1.00 e. The summed E-state index contributed by atoms with van der Waals surface area (Å²) in [5.74, 6) is -0.834. The number of benzene rings is 3. The molecule has 0 saturated heterocycles. The topological polar surface area (TPSA) is 130 Å². The first kappa shape index (κ1) is 26.6. The van der Waals surface area contributed by atoms with Crippen LogP contribution in [0.1, 0.15) is 1.43 Å². The van der Waals surface area contributed by atoms with Gasteiger partial charge in [-0.3, -0.25) is 0 Å². The van der Waals surface area contributed by atoms with Crippen molar-refractivity contribution in [1.29, 1.82) is 0 Å². The zero-order valence-corrected chi connectivity index (χ0v) is 21.9. The molecule has 0 radical (unpaired) electrons. The molecule has 0 aliphatic rings. The maximum absolute atomic E-state index is 12.9. The van der Waals surface area contributed by atoms with Crippen LogP contribution in [0.2, 0.25) is 0 Å². The summed E-state index contributed by atoms with van der Waals surface area (Å²) in [7, 11) is -15.9. The Bertz CT molecular complexity index is 1170. The normalized spacial score (nSPS) is 11.9. The van der Waals surface area contributed by atoms with E-state index in [0.717, 1.165) is 0 Å². The molecule has 0 heterocycles. The Kier molecular flexibility index (Phi) is 9.12. The molecule has 0 amide bonds. The van der Waals surface area contributed by atoms with Crippen LogP contribution in [0.4, 0.5) is 0 Å². The third-order valence-corrected chi connectivity index (χ3v) is 19.5. The molecule has 0 atom stereocenters. The van der Waals surface area contributed by atoms with E-state index >= 15 is 0 Å². The van der Waals surface area contributed by atoms with Crippen molar-refractivity contribution in [3.05, 3.63) is 91.0 Å². The first-order valence-corrected chi connectivity index (χ1v) is 15.8. The monoisotopic (exact) mass is 526 g/mol. The Balaban J connectivity index is 0.00000272. The second-order valence-corrected chi connectivity index (χ2v) is 18.6. The van der Waals surface area contributed by atoms with Crippen LogP contribution in [-0.4, -0.2) is 25.3 Å². The van der Waals surface area contributed by atoms with Gasteiger partial charge in [0.2, 0.25) is 0 Å². The van der Waals surface area contributed by atoms with Crippen LogP contribution in [0, 0.1) is 0 Å². The van der Waals surface area contributed by atoms with Gasteiger partial charge >= 0.3 is 64.3 Å². The molecule has 3 rings (SSSR count). The van der Waals surface area contributed by atoms with Crippen LogP contribution >= 0.6 is 5.53 Å². The van der Waals surface area contributed by atoms with Crippen molar-refractivity contribution in [2.45, 2.75) is 0 Å². The van der Waals surface area contributed by atoms with E-state index in [0.29, 0.717) is 0 Å². The zero-order valence-electron chi connectivity index (χ0n) is 17.5. The van der Waals surface area contributed by atoms with E-state index in [1.54, 1.807) is 18.2 Å². The van der Waals surface area contributed by atoms with Crippen LogP contribution in [0.3, 0.4) is 0 Å². The molecule has 0 aliphatic carbocycles. The van der Waals surface area contributed by atoms with E-state index in [4.69, 9.17) is 12.5 Å². The van der Waals surface area contributed by atoms with E-state index in [2.05, 4.69) is 0 Å². The summed E-state index contributed by atoms with van der Waals surface area (Å²) in [6, 6.07) is 20.6. The van der Waals surface area contributed by atoms with Crippen LogP contribution in [-0.2, 0) is 29.2 Å². The average molecular weight is 526 g/mol. The van der Waals surface area contributed by atoms with Gasteiger partial charge < -0.3 is 14.0 Å². The Morgan fingerprint density at radius 2 is 0.688 bits per heavy atom. The van der Waals surface area contributed by atoms with Crippen molar-refractivity contribution in [3.8, 4) is 17.2 Å². The Morgan fingerprint density at radius 3 is 0.906 bits per heavy atom. The summed E-state index contributed by atoms with van der Waals surface area (Å²) in [4.78, 5) is 0. The fourth-order valence-electron chi connectivity index (χ4n) is 2.22. The van der Waals surface area contributed by atoms with Gasteiger partial charge in [-0.2, -0.15) is 25.3 Å². The predicted octanol–water partition coefficient (Wildman–Crippen LogP) is 0.556. The van der Waals surface area contributed by atoms with E-state index in [1.807, 2.05) is 0 Å². The molecular formula is C18H16NaO9PS3. The van der Waals surface area contributed by atoms with Gasteiger partial charge in [0, 0.05) is 0 Å². The summed E-state index contributed by atoms with van der Waals surface area (Å²) in [6.07, 6.45) is 0. The molecular weight excluding hydrogens is 510 g/mol. The van der Waals surface area contributed by atoms with E-state index in [1.165, 1.54) is 72.8 Å². The molecule has 0 N–H and O–H groups in total. The summed E-state index contributed by atoms with van der Waals surface area (Å²) in [5.41, 5.74) is -4.11. The molecule has 3 aromatic rings. The molecule has 0 aliphatic heterocycles. The molecule has 0 spiro atoms. The molecule has 0 unspecified atom stereocenters. The van der Waals surface area contributed by atoms with Gasteiger partial charge in [0.25, 0.3) is 0 Å². The second kappa shape index (κ2) is 11.0. The Labute approximate surface area is 210 Å². The molecule has 0 saturated carbocycles. The van der Waals surface area contributed by atoms with Gasteiger partial charge in [0.1, 0.15) is 17.2 Å². The van der Waals surface area contributed by atoms with E-state index in [9.17, 15) is 25.3 Å². The fraction of sp³-hybridized carbons (Fsp3) is 0. The van der Waals surface area contributed by atoms with E-state index in [-0.39, 0.29) is 48.2 Å². The van der Waals surface area contributed by atoms with Crippen molar-refractivity contribution < 1.29 is 68.8 Å². The van der Waals surface area contributed by atoms with Crippen molar-refractivity contribution in [1.82, 2.24) is 0 Å². The van der Waals surface area contributed by atoms with Gasteiger partial charge in [0.15, 0.2) is 0 Å². The van der Waals surface area contributed by atoms with Gasteiger partial charge in [-0.05, 0) is 36.4 Å². The number of rotatable bonds is 9.